The van der Waals surface area contributed by atoms with Gasteiger partial charge in [0.1, 0.15) is 23.0 Å². The minimum Gasteiger partial charge on any atom is -0.276 e. The summed E-state index contributed by atoms with van der Waals surface area (Å²) >= 11 is 6.09. The number of nitrogens with zero attached hydrogens (tertiary/aromatic N) is 3. The Morgan fingerprint density at radius 3 is 2.80 bits per heavy atom. The van der Waals surface area contributed by atoms with Crippen molar-refractivity contribution in [2.75, 3.05) is 0 Å². The number of aromatic nitrogens is 3. The monoisotopic (exact) mass is 293 g/mol. The number of rotatable bonds is 2. The standard InChI is InChI=1S/C14H10ClF2N3/c1-8(15)13-19-11-3-2-6-18-14(11)20(13)12-7-9(16)4-5-10(12)17/h2-8H,1H3. The van der Waals surface area contributed by atoms with Crippen molar-refractivity contribution in [3.63, 3.8) is 0 Å². The first kappa shape index (κ1) is 13.0. The van der Waals surface area contributed by atoms with Crippen LogP contribution in [0.2, 0.25) is 0 Å². The lowest BCUT2D eigenvalue weighted by molar-refractivity contribution is 0.591. The van der Waals surface area contributed by atoms with E-state index in [0.717, 1.165) is 18.2 Å². The first-order chi connectivity index (χ1) is 9.58. The predicted octanol–water partition coefficient (Wildman–Crippen LogP) is 4.00. The first-order valence-electron chi connectivity index (χ1n) is 6.01. The van der Waals surface area contributed by atoms with Gasteiger partial charge in [-0.25, -0.2) is 18.7 Å². The maximum Gasteiger partial charge on any atom is 0.164 e. The molecule has 0 saturated heterocycles. The molecule has 1 unspecified atom stereocenters. The summed E-state index contributed by atoms with van der Waals surface area (Å²) in [5.74, 6) is -0.674. The van der Waals surface area contributed by atoms with Crippen LogP contribution in [0.1, 0.15) is 18.1 Å². The zero-order valence-electron chi connectivity index (χ0n) is 10.5. The van der Waals surface area contributed by atoms with Gasteiger partial charge in [-0.2, -0.15) is 0 Å². The summed E-state index contributed by atoms with van der Waals surface area (Å²) in [6.07, 6.45) is 1.57. The molecular weight excluding hydrogens is 284 g/mol. The Morgan fingerprint density at radius 2 is 2.05 bits per heavy atom. The third-order valence-corrected chi connectivity index (χ3v) is 3.14. The van der Waals surface area contributed by atoms with Crippen molar-refractivity contribution in [1.82, 2.24) is 14.5 Å². The van der Waals surface area contributed by atoms with E-state index in [4.69, 9.17) is 11.6 Å². The van der Waals surface area contributed by atoms with E-state index < -0.39 is 17.0 Å². The minimum absolute atomic E-state index is 0.0497. The molecule has 0 saturated carbocycles. The molecule has 3 rings (SSSR count). The predicted molar refractivity (Wildman–Crippen MR) is 73.0 cm³/mol. The van der Waals surface area contributed by atoms with Gasteiger partial charge in [-0.1, -0.05) is 0 Å². The van der Waals surface area contributed by atoms with Gasteiger partial charge in [-0.15, -0.1) is 11.6 Å². The topological polar surface area (TPSA) is 30.7 Å². The molecule has 3 nitrogen and oxygen atoms in total. The van der Waals surface area contributed by atoms with Crippen molar-refractivity contribution in [2.45, 2.75) is 12.3 Å². The molecule has 2 heterocycles. The molecular formula is C14H10ClF2N3. The number of imidazole rings is 1. The van der Waals surface area contributed by atoms with Crippen LogP contribution in [0.15, 0.2) is 36.5 Å². The summed E-state index contributed by atoms with van der Waals surface area (Å²) in [6, 6.07) is 6.72. The molecule has 0 fully saturated rings. The Labute approximate surface area is 118 Å². The molecule has 0 aliphatic heterocycles. The second-order valence-corrected chi connectivity index (χ2v) is 5.02. The summed E-state index contributed by atoms with van der Waals surface area (Å²) in [7, 11) is 0. The van der Waals surface area contributed by atoms with Gasteiger partial charge in [0, 0.05) is 12.3 Å². The van der Waals surface area contributed by atoms with Crippen LogP contribution in [0.3, 0.4) is 0 Å². The van der Waals surface area contributed by atoms with E-state index in [1.165, 1.54) is 4.57 Å². The Hall–Kier alpha value is -2.01. The molecule has 0 aliphatic rings. The summed E-state index contributed by atoms with van der Waals surface area (Å²) in [5.41, 5.74) is 1.08. The summed E-state index contributed by atoms with van der Waals surface area (Å²) in [4.78, 5) is 8.52. The lowest BCUT2D eigenvalue weighted by Gasteiger charge is -2.10. The van der Waals surface area contributed by atoms with Crippen molar-refractivity contribution in [2.24, 2.45) is 0 Å². The molecule has 0 bridgehead atoms. The van der Waals surface area contributed by atoms with Crippen LogP contribution in [-0.2, 0) is 0 Å². The molecule has 1 aromatic carbocycles. The average molecular weight is 294 g/mol. The molecule has 6 heteroatoms. The molecule has 0 spiro atoms. The van der Waals surface area contributed by atoms with E-state index >= 15 is 0 Å². The highest BCUT2D eigenvalue weighted by Crippen LogP contribution is 2.28. The van der Waals surface area contributed by atoms with Crippen LogP contribution in [0, 0.1) is 11.6 Å². The lowest BCUT2D eigenvalue weighted by atomic mass is 10.2. The largest absolute Gasteiger partial charge is 0.276 e. The second kappa shape index (κ2) is 4.83. The van der Waals surface area contributed by atoms with Crippen LogP contribution in [0.4, 0.5) is 8.78 Å². The van der Waals surface area contributed by atoms with Gasteiger partial charge in [-0.3, -0.25) is 4.57 Å². The summed E-state index contributed by atoms with van der Waals surface area (Å²) < 4.78 is 28.9. The Balaban J connectivity index is 2.39. The fourth-order valence-electron chi connectivity index (χ4n) is 2.09. The van der Waals surface area contributed by atoms with Crippen LogP contribution in [0.25, 0.3) is 16.9 Å². The molecule has 3 aromatic rings. The maximum absolute atomic E-state index is 14.0. The zero-order chi connectivity index (χ0) is 14.3. The fourth-order valence-corrected chi connectivity index (χ4v) is 2.24. The van der Waals surface area contributed by atoms with E-state index in [9.17, 15) is 8.78 Å². The van der Waals surface area contributed by atoms with Gasteiger partial charge in [0.25, 0.3) is 0 Å². The number of hydrogen-bond donors (Lipinski definition) is 0. The molecule has 0 amide bonds. The normalized spacial score (nSPS) is 12.8. The van der Waals surface area contributed by atoms with Crippen molar-refractivity contribution < 1.29 is 8.78 Å². The smallest absolute Gasteiger partial charge is 0.164 e. The van der Waals surface area contributed by atoms with Gasteiger partial charge < -0.3 is 0 Å². The van der Waals surface area contributed by atoms with E-state index in [0.29, 0.717) is 17.0 Å². The van der Waals surface area contributed by atoms with Gasteiger partial charge >= 0.3 is 0 Å². The van der Waals surface area contributed by atoms with E-state index in [1.807, 2.05) is 0 Å². The quantitative estimate of drug-likeness (QED) is 0.669. The van der Waals surface area contributed by atoms with Crippen LogP contribution >= 0.6 is 11.6 Å². The van der Waals surface area contributed by atoms with E-state index in [1.54, 1.807) is 25.3 Å². The number of hydrogen-bond acceptors (Lipinski definition) is 2. The summed E-state index contributed by atoms with van der Waals surface area (Å²) in [6.45, 7) is 1.72. The number of pyridine rings is 1. The van der Waals surface area contributed by atoms with E-state index in [-0.39, 0.29) is 5.69 Å². The highest BCUT2D eigenvalue weighted by molar-refractivity contribution is 6.20. The molecule has 0 N–H and O–H groups in total. The van der Waals surface area contributed by atoms with Crippen LogP contribution < -0.4 is 0 Å². The zero-order valence-corrected chi connectivity index (χ0v) is 11.3. The lowest BCUT2D eigenvalue weighted by Crippen LogP contribution is -2.05. The molecule has 2 aromatic heterocycles. The highest BCUT2D eigenvalue weighted by Gasteiger charge is 2.19. The third kappa shape index (κ3) is 2.04. The first-order valence-corrected chi connectivity index (χ1v) is 6.44. The molecule has 20 heavy (non-hydrogen) atoms. The van der Waals surface area contributed by atoms with Gasteiger partial charge in [-0.05, 0) is 31.2 Å². The van der Waals surface area contributed by atoms with Crippen molar-refractivity contribution in [1.29, 1.82) is 0 Å². The average Bonchev–Trinajstić information content (AvgIpc) is 2.81. The van der Waals surface area contributed by atoms with E-state index in [2.05, 4.69) is 9.97 Å². The molecule has 0 aliphatic carbocycles. The van der Waals surface area contributed by atoms with Gasteiger partial charge in [0.15, 0.2) is 5.65 Å². The molecule has 1 atom stereocenters. The Morgan fingerprint density at radius 1 is 1.25 bits per heavy atom. The number of fused-ring (bicyclic) bond motifs is 1. The van der Waals surface area contributed by atoms with Crippen molar-refractivity contribution >= 4 is 22.8 Å². The molecule has 102 valence electrons. The third-order valence-electron chi connectivity index (χ3n) is 2.95. The number of benzene rings is 1. The van der Waals surface area contributed by atoms with Crippen molar-refractivity contribution in [3.05, 3.63) is 54.0 Å². The van der Waals surface area contributed by atoms with Gasteiger partial charge in [0.2, 0.25) is 0 Å². The minimum atomic E-state index is -0.560. The van der Waals surface area contributed by atoms with Gasteiger partial charge in [0.05, 0.1) is 11.1 Å². The molecule has 0 radical (unpaired) electrons. The SMILES string of the molecule is CC(Cl)c1nc2cccnc2n1-c1cc(F)ccc1F. The maximum atomic E-state index is 14.0. The highest BCUT2D eigenvalue weighted by atomic mass is 35.5. The number of alkyl halides is 1. The summed E-state index contributed by atoms with van der Waals surface area (Å²) in [5, 5.41) is -0.466. The van der Waals surface area contributed by atoms with Crippen LogP contribution in [0.5, 0.6) is 0 Å². The Kier molecular flexibility index (Phi) is 3.14. The Bertz CT molecular complexity index is 783. The number of halogens is 3. The second-order valence-electron chi connectivity index (χ2n) is 4.36. The fraction of sp³-hybridized carbons (Fsp3) is 0.143. The van der Waals surface area contributed by atoms with Crippen LogP contribution in [-0.4, -0.2) is 14.5 Å². The van der Waals surface area contributed by atoms with Crippen molar-refractivity contribution in [3.8, 4) is 5.69 Å².